The van der Waals surface area contributed by atoms with Gasteiger partial charge < -0.3 is 4.57 Å². The van der Waals surface area contributed by atoms with Crippen molar-refractivity contribution < 1.29 is 0 Å². The Kier molecular flexibility index (Phi) is 3.40. The fraction of sp³-hybridized carbons (Fsp3) is 0.444. The standard InChI is InChI=1S/C9H12Cl2N2/c1-6(7(2)10)4-9-12-5-8(11)13(9)3/h4-5,7H,1-3H3/b6-4+. The molecule has 0 aliphatic rings. The van der Waals surface area contributed by atoms with Gasteiger partial charge in [-0.05, 0) is 19.9 Å². The quantitative estimate of drug-likeness (QED) is 0.699. The summed E-state index contributed by atoms with van der Waals surface area (Å²) in [4.78, 5) is 4.13. The number of rotatable bonds is 2. The summed E-state index contributed by atoms with van der Waals surface area (Å²) in [6, 6.07) is 0. The molecule has 13 heavy (non-hydrogen) atoms. The van der Waals surface area contributed by atoms with Crippen molar-refractivity contribution in [1.82, 2.24) is 9.55 Å². The fourth-order valence-corrected chi connectivity index (χ4v) is 1.05. The smallest absolute Gasteiger partial charge is 0.133 e. The molecule has 0 radical (unpaired) electrons. The van der Waals surface area contributed by atoms with Crippen LogP contribution in [0.25, 0.3) is 6.08 Å². The largest absolute Gasteiger partial charge is 0.319 e. The van der Waals surface area contributed by atoms with Crippen molar-refractivity contribution in [2.24, 2.45) is 7.05 Å². The van der Waals surface area contributed by atoms with Crippen LogP contribution in [0.15, 0.2) is 11.8 Å². The number of aromatic nitrogens is 2. The van der Waals surface area contributed by atoms with Crippen LogP contribution in [0.4, 0.5) is 0 Å². The second-order valence-corrected chi connectivity index (χ2v) is 4.04. The minimum Gasteiger partial charge on any atom is -0.319 e. The summed E-state index contributed by atoms with van der Waals surface area (Å²) in [6.07, 6.45) is 3.56. The van der Waals surface area contributed by atoms with Gasteiger partial charge in [0, 0.05) is 7.05 Å². The average Bonchev–Trinajstić information content (AvgIpc) is 2.36. The molecule has 1 aromatic rings. The van der Waals surface area contributed by atoms with Gasteiger partial charge in [0.15, 0.2) is 0 Å². The number of halogens is 2. The van der Waals surface area contributed by atoms with Crippen LogP contribution < -0.4 is 0 Å². The van der Waals surface area contributed by atoms with Crippen LogP contribution in [0.3, 0.4) is 0 Å². The maximum Gasteiger partial charge on any atom is 0.133 e. The molecular weight excluding hydrogens is 207 g/mol. The highest BCUT2D eigenvalue weighted by Crippen LogP contribution is 2.15. The number of alkyl halides is 1. The fourth-order valence-electron chi connectivity index (χ4n) is 0.855. The molecule has 0 saturated heterocycles. The van der Waals surface area contributed by atoms with Gasteiger partial charge in [0.05, 0.1) is 11.6 Å². The van der Waals surface area contributed by atoms with Crippen molar-refractivity contribution in [2.45, 2.75) is 19.2 Å². The molecule has 0 saturated carbocycles. The first-order chi connectivity index (χ1) is 6.02. The highest BCUT2D eigenvalue weighted by Gasteiger charge is 2.04. The molecule has 1 unspecified atom stereocenters. The highest BCUT2D eigenvalue weighted by molar-refractivity contribution is 6.29. The topological polar surface area (TPSA) is 17.8 Å². The van der Waals surface area contributed by atoms with Crippen LogP contribution in [-0.2, 0) is 7.05 Å². The zero-order valence-corrected chi connectivity index (χ0v) is 9.39. The Balaban J connectivity index is 2.97. The molecule has 72 valence electrons. The lowest BCUT2D eigenvalue weighted by molar-refractivity contribution is 0.895. The van der Waals surface area contributed by atoms with Crippen molar-refractivity contribution >= 4 is 29.3 Å². The monoisotopic (exact) mass is 218 g/mol. The first kappa shape index (κ1) is 10.6. The van der Waals surface area contributed by atoms with E-state index in [0.29, 0.717) is 5.15 Å². The Morgan fingerprint density at radius 1 is 1.69 bits per heavy atom. The molecule has 1 rings (SSSR count). The van der Waals surface area contributed by atoms with E-state index < -0.39 is 0 Å². The number of hydrogen-bond donors (Lipinski definition) is 0. The van der Waals surface area contributed by atoms with Crippen molar-refractivity contribution in [3.63, 3.8) is 0 Å². The van der Waals surface area contributed by atoms with E-state index in [-0.39, 0.29) is 5.38 Å². The normalized spacial score (nSPS) is 14.7. The van der Waals surface area contributed by atoms with Crippen LogP contribution >= 0.6 is 23.2 Å². The summed E-state index contributed by atoms with van der Waals surface area (Å²) in [6.45, 7) is 3.90. The van der Waals surface area contributed by atoms with E-state index in [1.807, 2.05) is 31.5 Å². The van der Waals surface area contributed by atoms with E-state index in [0.717, 1.165) is 11.4 Å². The SMILES string of the molecule is C/C(=C\c1ncc(Cl)n1C)C(C)Cl. The van der Waals surface area contributed by atoms with E-state index in [2.05, 4.69) is 4.98 Å². The molecule has 1 atom stereocenters. The van der Waals surface area contributed by atoms with E-state index in [9.17, 15) is 0 Å². The third-order valence-corrected chi connectivity index (χ3v) is 2.65. The van der Waals surface area contributed by atoms with E-state index in [1.165, 1.54) is 0 Å². The van der Waals surface area contributed by atoms with Gasteiger partial charge in [-0.15, -0.1) is 11.6 Å². The maximum absolute atomic E-state index is 5.90. The number of nitrogens with zero attached hydrogens (tertiary/aromatic N) is 2. The van der Waals surface area contributed by atoms with Gasteiger partial charge in [-0.25, -0.2) is 4.98 Å². The van der Waals surface area contributed by atoms with Gasteiger partial charge in [0.25, 0.3) is 0 Å². The summed E-state index contributed by atoms with van der Waals surface area (Å²) < 4.78 is 1.81. The Hall–Kier alpha value is -0.470. The lowest BCUT2D eigenvalue weighted by Gasteiger charge is -2.02. The van der Waals surface area contributed by atoms with Crippen LogP contribution in [-0.4, -0.2) is 14.9 Å². The molecular formula is C9H12Cl2N2. The molecule has 0 N–H and O–H groups in total. The van der Waals surface area contributed by atoms with Crippen molar-refractivity contribution in [2.75, 3.05) is 0 Å². The first-order valence-corrected chi connectivity index (χ1v) is 4.83. The number of imidazole rings is 1. The lowest BCUT2D eigenvalue weighted by atomic mass is 10.2. The second-order valence-electron chi connectivity index (χ2n) is 3.00. The molecule has 1 aromatic heterocycles. The Morgan fingerprint density at radius 3 is 2.69 bits per heavy atom. The Labute approximate surface area is 88.2 Å². The van der Waals surface area contributed by atoms with Crippen LogP contribution in [0.2, 0.25) is 5.15 Å². The van der Waals surface area contributed by atoms with Gasteiger partial charge >= 0.3 is 0 Å². The summed E-state index contributed by atoms with van der Waals surface area (Å²) in [5.74, 6) is 0.829. The van der Waals surface area contributed by atoms with E-state index in [1.54, 1.807) is 6.20 Å². The predicted octanol–water partition coefficient (Wildman–Crippen LogP) is 3.10. The van der Waals surface area contributed by atoms with Gasteiger partial charge in [-0.2, -0.15) is 0 Å². The molecule has 2 nitrogen and oxygen atoms in total. The lowest BCUT2D eigenvalue weighted by Crippen LogP contribution is -1.96. The average molecular weight is 219 g/mol. The van der Waals surface area contributed by atoms with Crippen LogP contribution in [0.5, 0.6) is 0 Å². The van der Waals surface area contributed by atoms with Gasteiger partial charge in [-0.1, -0.05) is 17.2 Å². The number of allylic oxidation sites excluding steroid dienone is 1. The van der Waals surface area contributed by atoms with Crippen molar-refractivity contribution in [1.29, 1.82) is 0 Å². The van der Waals surface area contributed by atoms with Crippen molar-refractivity contribution in [3.05, 3.63) is 22.7 Å². The summed E-state index contributed by atoms with van der Waals surface area (Å²) >= 11 is 11.7. The van der Waals surface area contributed by atoms with Crippen LogP contribution in [0, 0.1) is 0 Å². The molecule has 0 spiro atoms. The molecule has 0 bridgehead atoms. The minimum absolute atomic E-state index is 0.0236. The molecule has 0 fully saturated rings. The Morgan fingerprint density at radius 2 is 2.31 bits per heavy atom. The van der Waals surface area contributed by atoms with Crippen molar-refractivity contribution in [3.8, 4) is 0 Å². The zero-order valence-electron chi connectivity index (χ0n) is 7.88. The van der Waals surface area contributed by atoms with Crippen LogP contribution in [0.1, 0.15) is 19.7 Å². The maximum atomic E-state index is 5.90. The molecule has 4 heteroatoms. The van der Waals surface area contributed by atoms with E-state index >= 15 is 0 Å². The Bertz CT molecular complexity index is 326. The first-order valence-electron chi connectivity index (χ1n) is 4.02. The van der Waals surface area contributed by atoms with Gasteiger partial charge in [0.1, 0.15) is 11.0 Å². The minimum atomic E-state index is 0.0236. The number of hydrogen-bond acceptors (Lipinski definition) is 1. The third kappa shape index (κ3) is 2.48. The third-order valence-electron chi connectivity index (χ3n) is 1.95. The molecule has 1 heterocycles. The predicted molar refractivity (Wildman–Crippen MR) is 57.2 cm³/mol. The second kappa shape index (κ2) is 4.16. The summed E-state index contributed by atoms with van der Waals surface area (Å²) in [5.41, 5.74) is 1.08. The van der Waals surface area contributed by atoms with E-state index in [4.69, 9.17) is 23.2 Å². The summed E-state index contributed by atoms with van der Waals surface area (Å²) in [5, 5.41) is 0.650. The van der Waals surface area contributed by atoms with Gasteiger partial charge in [-0.3, -0.25) is 0 Å². The molecule has 0 aliphatic carbocycles. The van der Waals surface area contributed by atoms with Gasteiger partial charge in [0.2, 0.25) is 0 Å². The highest BCUT2D eigenvalue weighted by atomic mass is 35.5. The molecule has 0 amide bonds. The molecule has 0 aromatic carbocycles. The summed E-state index contributed by atoms with van der Waals surface area (Å²) in [7, 11) is 1.87. The zero-order chi connectivity index (χ0) is 10.0. The molecule has 0 aliphatic heterocycles.